The number of hydrogen-bond donors (Lipinski definition) is 4. The van der Waals surface area contributed by atoms with E-state index in [-0.39, 0.29) is 34.0 Å². The average Bonchev–Trinajstić information content (AvgIpc) is 2.81. The fourth-order valence-electron chi connectivity index (χ4n) is 5.19. The van der Waals surface area contributed by atoms with E-state index in [1.165, 1.54) is 19.1 Å². The second kappa shape index (κ2) is 9.04. The normalized spacial score (nSPS) is 27.6. The minimum absolute atomic E-state index is 0.0278. The van der Waals surface area contributed by atoms with Crippen LogP contribution in [0.15, 0.2) is 35.2 Å². The molecular weight excluding hydrogens is 511 g/mol. The fourth-order valence-corrected chi connectivity index (χ4v) is 7.59. The van der Waals surface area contributed by atoms with Gasteiger partial charge in [0.2, 0.25) is 0 Å². The van der Waals surface area contributed by atoms with Crippen molar-refractivity contribution in [1.82, 2.24) is 0 Å². The SMILES string of the molecule is C[C@@H](O)[C@@H](O)[C@]1(O)C2CC1C[C@@H](S(=O)(=O)c1cc(C(=O)Nc3cc(F)c(F)c(F)c3)ccc1Cl)C2. The second-order valence-electron chi connectivity index (χ2n) is 9.19. The van der Waals surface area contributed by atoms with Gasteiger partial charge in [-0.1, -0.05) is 11.6 Å². The zero-order valence-corrected chi connectivity index (χ0v) is 20.0. The minimum Gasteiger partial charge on any atom is -0.391 e. The van der Waals surface area contributed by atoms with Gasteiger partial charge >= 0.3 is 0 Å². The average molecular weight is 534 g/mol. The van der Waals surface area contributed by atoms with Gasteiger partial charge in [-0.3, -0.25) is 4.79 Å². The molecule has 2 aromatic rings. The van der Waals surface area contributed by atoms with Gasteiger partial charge in [-0.05, 0) is 56.2 Å². The van der Waals surface area contributed by atoms with Crippen LogP contribution in [0.1, 0.15) is 36.5 Å². The molecule has 2 unspecified atom stereocenters. The van der Waals surface area contributed by atoms with Crippen molar-refractivity contribution in [1.29, 1.82) is 0 Å². The molecule has 1 amide bonds. The van der Waals surface area contributed by atoms with E-state index in [4.69, 9.17) is 11.6 Å². The second-order valence-corrected chi connectivity index (χ2v) is 11.8. The maximum Gasteiger partial charge on any atom is 0.255 e. The Kier molecular flexibility index (Phi) is 6.69. The van der Waals surface area contributed by atoms with E-state index in [1.54, 1.807) is 0 Å². The third-order valence-electron chi connectivity index (χ3n) is 7.08. The van der Waals surface area contributed by atoms with Crippen molar-refractivity contribution in [2.75, 3.05) is 5.32 Å². The van der Waals surface area contributed by atoms with Gasteiger partial charge in [0.15, 0.2) is 27.3 Å². The lowest BCUT2D eigenvalue weighted by atomic mass is 9.51. The molecule has 35 heavy (non-hydrogen) atoms. The van der Waals surface area contributed by atoms with Gasteiger partial charge in [0.1, 0.15) is 6.10 Å². The Balaban J connectivity index is 1.57. The molecule has 5 rings (SSSR count). The van der Waals surface area contributed by atoms with Crippen molar-refractivity contribution in [3.63, 3.8) is 0 Å². The first-order chi connectivity index (χ1) is 16.3. The van der Waals surface area contributed by atoms with Crippen molar-refractivity contribution in [3.05, 3.63) is 58.4 Å². The zero-order chi connectivity index (χ0) is 25.9. The van der Waals surface area contributed by atoms with Crippen LogP contribution in [0.2, 0.25) is 5.02 Å². The number of aliphatic hydroxyl groups is 3. The number of hydrogen-bond acceptors (Lipinski definition) is 6. The Morgan fingerprint density at radius 3 is 2.20 bits per heavy atom. The van der Waals surface area contributed by atoms with Gasteiger partial charge in [0.05, 0.1) is 26.9 Å². The molecule has 0 heterocycles. The number of halogens is 4. The molecule has 2 bridgehead atoms. The minimum atomic E-state index is -4.08. The van der Waals surface area contributed by atoms with Crippen LogP contribution in [-0.4, -0.2) is 52.7 Å². The fraction of sp³-hybridized carbons (Fsp3) is 0.435. The summed E-state index contributed by atoms with van der Waals surface area (Å²) in [5, 5.41) is 31.9. The lowest BCUT2D eigenvalue weighted by Crippen LogP contribution is -2.69. The molecule has 7 nitrogen and oxygen atoms in total. The predicted molar refractivity (Wildman–Crippen MR) is 120 cm³/mol. The third kappa shape index (κ3) is 4.33. The quantitative estimate of drug-likeness (QED) is 0.423. The molecule has 190 valence electrons. The summed E-state index contributed by atoms with van der Waals surface area (Å²) in [5.41, 5.74) is -2.11. The Morgan fingerprint density at radius 2 is 1.66 bits per heavy atom. The summed E-state index contributed by atoms with van der Waals surface area (Å²) in [6, 6.07) is 4.64. The number of aliphatic hydroxyl groups excluding tert-OH is 2. The van der Waals surface area contributed by atoms with Crippen molar-refractivity contribution in [2.45, 2.75) is 54.1 Å². The summed E-state index contributed by atoms with van der Waals surface area (Å²) in [6.07, 6.45) is -2.04. The molecule has 0 aromatic heterocycles. The Hall–Kier alpha value is -2.18. The molecule has 4 atom stereocenters. The predicted octanol–water partition coefficient (Wildman–Crippen LogP) is 3.05. The summed E-state index contributed by atoms with van der Waals surface area (Å²) >= 11 is 6.15. The molecule has 3 fully saturated rings. The van der Waals surface area contributed by atoms with E-state index < -0.39 is 68.1 Å². The first kappa shape index (κ1) is 25.9. The molecule has 0 radical (unpaired) electrons. The highest BCUT2D eigenvalue weighted by Crippen LogP contribution is 2.57. The molecular formula is C23H23ClF3NO6S. The van der Waals surface area contributed by atoms with E-state index in [0.29, 0.717) is 18.6 Å². The first-order valence-electron chi connectivity index (χ1n) is 10.8. The van der Waals surface area contributed by atoms with E-state index in [1.807, 2.05) is 0 Å². The standard InChI is InChI=1S/C23H23ClF3NO6S/c1-10(29)21(30)23(32)12-5-13(23)7-15(6-12)35(33,34)19-4-11(2-3-16(19)24)22(31)28-14-8-17(25)20(27)18(26)9-14/h2-4,8-10,12-13,15,21,29-30,32H,5-7H2,1H3,(H,28,31)/t10-,12?,13?,15-,21-,23-/m1/s1. The number of benzene rings is 2. The first-order valence-corrected chi connectivity index (χ1v) is 12.8. The third-order valence-corrected chi connectivity index (χ3v) is 9.74. The number of nitrogens with one attached hydrogen (secondary N) is 1. The number of fused-ring (bicyclic) bond motifs is 2. The molecule has 0 saturated heterocycles. The summed E-state index contributed by atoms with van der Waals surface area (Å²) in [7, 11) is -4.08. The zero-order valence-electron chi connectivity index (χ0n) is 18.4. The van der Waals surface area contributed by atoms with Crippen LogP contribution >= 0.6 is 11.6 Å². The Morgan fingerprint density at radius 1 is 1.09 bits per heavy atom. The molecule has 0 aliphatic heterocycles. The van der Waals surface area contributed by atoms with Crippen molar-refractivity contribution in [3.8, 4) is 0 Å². The number of amides is 1. The summed E-state index contributed by atoms with van der Waals surface area (Å²) in [5.74, 6) is -6.68. The molecule has 12 heteroatoms. The highest BCUT2D eigenvalue weighted by Gasteiger charge is 2.63. The number of carbonyl (C=O) groups excluding carboxylic acids is 1. The molecule has 0 spiro atoms. The van der Waals surface area contributed by atoms with Crippen molar-refractivity contribution >= 4 is 33.0 Å². The molecule has 4 N–H and O–H groups in total. The van der Waals surface area contributed by atoms with Gasteiger partial charge in [0.25, 0.3) is 5.91 Å². The van der Waals surface area contributed by atoms with Crippen molar-refractivity contribution < 1.29 is 41.7 Å². The lowest BCUT2D eigenvalue weighted by molar-refractivity contribution is -0.249. The maximum absolute atomic E-state index is 13.4. The van der Waals surface area contributed by atoms with Crippen LogP contribution in [-0.2, 0) is 9.84 Å². The number of sulfone groups is 1. The Labute approximate surface area is 204 Å². The summed E-state index contributed by atoms with van der Waals surface area (Å²) in [4.78, 5) is 12.3. The smallest absolute Gasteiger partial charge is 0.255 e. The van der Waals surface area contributed by atoms with Gasteiger partial charge in [-0.2, -0.15) is 0 Å². The van der Waals surface area contributed by atoms with Crippen LogP contribution in [0, 0.1) is 29.3 Å². The van der Waals surface area contributed by atoms with E-state index >= 15 is 0 Å². The van der Waals surface area contributed by atoms with E-state index in [0.717, 1.165) is 6.07 Å². The van der Waals surface area contributed by atoms with E-state index in [2.05, 4.69) is 5.32 Å². The lowest BCUT2D eigenvalue weighted by Gasteiger charge is -2.60. The van der Waals surface area contributed by atoms with E-state index in [9.17, 15) is 41.7 Å². The summed E-state index contributed by atoms with van der Waals surface area (Å²) < 4.78 is 66.8. The summed E-state index contributed by atoms with van der Waals surface area (Å²) in [6.45, 7) is 1.34. The number of rotatable bonds is 6. The highest BCUT2D eigenvalue weighted by molar-refractivity contribution is 7.92. The van der Waals surface area contributed by atoms with Gasteiger partial charge < -0.3 is 20.6 Å². The van der Waals surface area contributed by atoms with Crippen molar-refractivity contribution in [2.24, 2.45) is 11.8 Å². The molecule has 3 aliphatic rings. The highest BCUT2D eigenvalue weighted by atomic mass is 35.5. The van der Waals surface area contributed by atoms with Crippen LogP contribution in [0.25, 0.3) is 0 Å². The van der Waals surface area contributed by atoms with Crippen LogP contribution < -0.4 is 5.32 Å². The Bertz CT molecular complexity index is 1250. The maximum atomic E-state index is 13.4. The topological polar surface area (TPSA) is 124 Å². The van der Waals surface area contributed by atoms with Gasteiger partial charge in [-0.25, -0.2) is 21.6 Å². The number of carbonyl (C=O) groups is 1. The van der Waals surface area contributed by atoms with Gasteiger partial charge in [-0.15, -0.1) is 0 Å². The van der Waals surface area contributed by atoms with Gasteiger partial charge in [0, 0.05) is 23.4 Å². The van der Waals surface area contributed by atoms with Crippen LogP contribution in [0.5, 0.6) is 0 Å². The molecule has 3 saturated carbocycles. The molecule has 3 aliphatic carbocycles. The largest absolute Gasteiger partial charge is 0.391 e. The monoisotopic (exact) mass is 533 g/mol. The molecule has 2 aromatic carbocycles. The van der Waals surface area contributed by atoms with Crippen LogP contribution in [0.4, 0.5) is 18.9 Å². The van der Waals surface area contributed by atoms with Crippen LogP contribution in [0.3, 0.4) is 0 Å². The number of anilines is 1.